The second-order valence-corrected chi connectivity index (χ2v) is 15.9. The van der Waals surface area contributed by atoms with Crippen molar-refractivity contribution in [3.63, 3.8) is 0 Å². The summed E-state index contributed by atoms with van der Waals surface area (Å²) >= 11 is 0. The Morgan fingerprint density at radius 1 is 1.07 bits per heavy atom. The van der Waals surface area contributed by atoms with Gasteiger partial charge < -0.3 is 15.0 Å². The summed E-state index contributed by atoms with van der Waals surface area (Å²) in [5.74, 6) is -2.83. The third-order valence-electron chi connectivity index (χ3n) is 11.3. The van der Waals surface area contributed by atoms with E-state index in [1.54, 1.807) is 7.05 Å². The van der Waals surface area contributed by atoms with Gasteiger partial charge in [-0.15, -0.1) is 0 Å². The second kappa shape index (κ2) is 12.6. The minimum Gasteiger partial charge on any atom is -0.368 e. The van der Waals surface area contributed by atoms with Crippen LogP contribution in [-0.4, -0.2) is 102 Å². The predicted octanol–water partition coefficient (Wildman–Crippen LogP) is 4.62. The van der Waals surface area contributed by atoms with Gasteiger partial charge in [0.05, 0.1) is 19.0 Å². The Morgan fingerprint density at radius 2 is 1.76 bits per heavy atom. The van der Waals surface area contributed by atoms with E-state index < -0.39 is 35.6 Å². The Balaban J connectivity index is 1.50. The molecule has 3 saturated heterocycles. The number of amides is 3. The van der Waals surface area contributed by atoms with E-state index in [1.165, 1.54) is 12.1 Å². The third kappa shape index (κ3) is 6.70. The van der Waals surface area contributed by atoms with Crippen LogP contribution in [0.1, 0.15) is 91.0 Å². The number of hydrogen-bond donors (Lipinski definition) is 1. The minimum absolute atomic E-state index is 0.0233. The van der Waals surface area contributed by atoms with Gasteiger partial charge in [0.1, 0.15) is 24.3 Å². The van der Waals surface area contributed by atoms with Crippen molar-refractivity contribution in [1.82, 2.24) is 15.1 Å². The molecule has 4 aliphatic rings. The summed E-state index contributed by atoms with van der Waals surface area (Å²) in [6.45, 7) is 12.4. The molecule has 4 fully saturated rings. The number of benzene rings is 1. The number of likely N-dealkylation sites (tertiary alicyclic amines) is 2. The van der Waals surface area contributed by atoms with Gasteiger partial charge in [-0.1, -0.05) is 19.9 Å². The van der Waals surface area contributed by atoms with Crippen LogP contribution in [0.2, 0.25) is 0 Å². The molecule has 0 aromatic heterocycles. The molecule has 0 radical (unpaired) electrons. The Bertz CT molecular complexity index is 1280. The molecule has 0 spiro atoms. The molecular formula is C35H53F2N4O4+. The maximum absolute atomic E-state index is 15.3. The molecule has 1 aromatic carbocycles. The van der Waals surface area contributed by atoms with Gasteiger partial charge in [-0.3, -0.25) is 19.0 Å². The van der Waals surface area contributed by atoms with Crippen LogP contribution in [0, 0.1) is 23.0 Å². The van der Waals surface area contributed by atoms with Crippen LogP contribution < -0.4 is 5.32 Å². The van der Waals surface area contributed by atoms with E-state index in [4.69, 9.17) is 4.74 Å². The highest BCUT2D eigenvalue weighted by molar-refractivity contribution is 5.86. The molecule has 1 N–H and O–H groups in total. The fraction of sp³-hybridized carbons (Fsp3) is 0.743. The SMILES string of the molecule is CNC(=O)[C@@H]1C[C@H](N(C(=O)[C@@H]2CCCO2)C2CCC(C)(C)CC2)C[N+]1(C)C(=O)[C@@H]1CN(C(C)(C)C)C[C@H]1c1ccc(F)cc1F. The first kappa shape index (κ1) is 33.9. The molecule has 1 aliphatic carbocycles. The highest BCUT2D eigenvalue weighted by Gasteiger charge is 2.59. The number of nitrogens with one attached hydrogen (secondary N) is 1. The van der Waals surface area contributed by atoms with Crippen molar-refractivity contribution in [3.05, 3.63) is 35.4 Å². The Labute approximate surface area is 267 Å². The van der Waals surface area contributed by atoms with Crippen molar-refractivity contribution in [3.8, 4) is 0 Å². The minimum atomic E-state index is -0.699. The number of carbonyl (C=O) groups excluding carboxylic acids is 3. The van der Waals surface area contributed by atoms with Crippen LogP contribution in [0.25, 0.3) is 0 Å². The van der Waals surface area contributed by atoms with Crippen LogP contribution >= 0.6 is 0 Å². The fourth-order valence-corrected chi connectivity index (χ4v) is 8.46. The van der Waals surface area contributed by atoms with Gasteiger partial charge in [-0.25, -0.2) is 13.6 Å². The zero-order valence-electron chi connectivity index (χ0n) is 28.2. The summed E-state index contributed by atoms with van der Waals surface area (Å²) in [6.07, 6.45) is 5.14. The second-order valence-electron chi connectivity index (χ2n) is 15.9. The molecule has 5 rings (SSSR count). The lowest BCUT2D eigenvalue weighted by Crippen LogP contribution is -2.61. The fourth-order valence-electron chi connectivity index (χ4n) is 8.46. The summed E-state index contributed by atoms with van der Waals surface area (Å²) in [5, 5.41) is 2.79. The van der Waals surface area contributed by atoms with Crippen LogP contribution in [-0.2, 0) is 19.1 Å². The molecule has 0 bridgehead atoms. The molecule has 45 heavy (non-hydrogen) atoms. The Kier molecular flexibility index (Phi) is 9.53. The normalized spacial score (nSPS) is 32.5. The van der Waals surface area contributed by atoms with E-state index in [-0.39, 0.29) is 45.2 Å². The molecule has 3 heterocycles. The van der Waals surface area contributed by atoms with Crippen molar-refractivity contribution in [2.24, 2.45) is 11.3 Å². The molecule has 10 heteroatoms. The average Bonchev–Trinajstić information content (AvgIpc) is 3.73. The molecular weight excluding hydrogens is 578 g/mol. The largest absolute Gasteiger partial charge is 0.368 e. The van der Waals surface area contributed by atoms with E-state index in [1.807, 2.05) is 11.9 Å². The third-order valence-corrected chi connectivity index (χ3v) is 11.3. The summed E-state index contributed by atoms with van der Waals surface area (Å²) in [4.78, 5) is 46.8. The van der Waals surface area contributed by atoms with Crippen molar-refractivity contribution in [2.45, 2.75) is 115 Å². The summed E-state index contributed by atoms with van der Waals surface area (Å²) in [5.41, 5.74) is 0.248. The molecule has 6 atom stereocenters. The molecule has 8 nitrogen and oxygen atoms in total. The topological polar surface area (TPSA) is 79.0 Å². The zero-order valence-corrected chi connectivity index (χ0v) is 28.2. The van der Waals surface area contributed by atoms with E-state index in [2.05, 4.69) is 44.8 Å². The summed E-state index contributed by atoms with van der Waals surface area (Å²) in [7, 11) is 3.40. The summed E-state index contributed by atoms with van der Waals surface area (Å²) in [6, 6.07) is 2.59. The zero-order chi connectivity index (χ0) is 32.9. The quantitative estimate of drug-likeness (QED) is 0.464. The standard InChI is InChI=1S/C35H52F2N4O4/c1-34(2,3)39-19-26(25-11-10-22(36)17-28(25)37)27(20-39)33(44)41(7)21-24(18-29(41)31(42)38-6)40(32(43)30-9-8-16-45-30)23-12-14-35(4,5)15-13-23/h10-11,17,23-24,26-27,29-30H,8-9,12-16,18-21H2,1-7H3/p+1/t24-,26-,27+,29-,30-,41?/m0/s1. The van der Waals surface area contributed by atoms with E-state index in [9.17, 15) is 18.8 Å². The van der Waals surface area contributed by atoms with Gasteiger partial charge in [0.15, 0.2) is 6.04 Å². The van der Waals surface area contributed by atoms with E-state index in [0.29, 0.717) is 44.6 Å². The maximum Gasteiger partial charge on any atom is 0.319 e. The number of hydrogen-bond acceptors (Lipinski definition) is 5. The van der Waals surface area contributed by atoms with Crippen LogP contribution in [0.5, 0.6) is 0 Å². The lowest BCUT2D eigenvalue weighted by molar-refractivity contribution is -0.840. The number of likely N-dealkylation sites (N-methyl/N-ethyl adjacent to an activating group) is 2. The van der Waals surface area contributed by atoms with Gasteiger partial charge in [-0.2, -0.15) is 0 Å². The number of nitrogens with zero attached hydrogens (tertiary/aromatic N) is 3. The first-order valence-corrected chi connectivity index (χ1v) is 16.8. The molecule has 1 unspecified atom stereocenters. The smallest absolute Gasteiger partial charge is 0.319 e. The molecule has 3 aliphatic heterocycles. The van der Waals surface area contributed by atoms with Crippen molar-refractivity contribution >= 4 is 17.7 Å². The van der Waals surface area contributed by atoms with Gasteiger partial charge >= 0.3 is 5.91 Å². The predicted molar refractivity (Wildman–Crippen MR) is 168 cm³/mol. The first-order valence-electron chi connectivity index (χ1n) is 16.8. The molecule has 3 amide bonds. The van der Waals surface area contributed by atoms with Gasteiger partial charge in [-0.05, 0) is 76.3 Å². The van der Waals surface area contributed by atoms with Gasteiger partial charge in [0.25, 0.3) is 11.8 Å². The highest BCUT2D eigenvalue weighted by atomic mass is 19.1. The van der Waals surface area contributed by atoms with E-state index >= 15 is 4.39 Å². The van der Waals surface area contributed by atoms with Crippen molar-refractivity contribution < 1.29 is 32.4 Å². The lowest BCUT2D eigenvalue weighted by atomic mass is 9.75. The number of ether oxygens (including phenoxy) is 1. The Morgan fingerprint density at radius 3 is 2.33 bits per heavy atom. The van der Waals surface area contributed by atoms with E-state index in [0.717, 1.165) is 38.2 Å². The monoisotopic (exact) mass is 631 g/mol. The molecule has 1 aromatic rings. The van der Waals surface area contributed by atoms with Crippen molar-refractivity contribution in [1.29, 1.82) is 0 Å². The van der Waals surface area contributed by atoms with Crippen LogP contribution in [0.3, 0.4) is 0 Å². The number of carbonyl (C=O) groups is 3. The number of quaternary nitrogens is 1. The average molecular weight is 632 g/mol. The van der Waals surface area contributed by atoms with Gasteiger partial charge in [0, 0.05) is 56.7 Å². The van der Waals surface area contributed by atoms with Crippen LogP contribution in [0.15, 0.2) is 18.2 Å². The number of rotatable bonds is 6. The van der Waals surface area contributed by atoms with Crippen molar-refractivity contribution in [2.75, 3.05) is 40.3 Å². The molecule has 1 saturated carbocycles. The Hall–Kier alpha value is -2.43. The first-order chi connectivity index (χ1) is 21.1. The lowest BCUT2D eigenvalue weighted by Gasteiger charge is -2.43. The maximum atomic E-state index is 15.3. The summed E-state index contributed by atoms with van der Waals surface area (Å²) < 4.78 is 34.9. The molecule has 250 valence electrons. The number of halogens is 2. The van der Waals surface area contributed by atoms with Crippen LogP contribution in [0.4, 0.5) is 8.78 Å². The van der Waals surface area contributed by atoms with Gasteiger partial charge in [0.2, 0.25) is 0 Å². The highest BCUT2D eigenvalue weighted by Crippen LogP contribution is 2.44.